The maximum absolute atomic E-state index is 12.7. The van der Waals surface area contributed by atoms with Crippen molar-refractivity contribution in [2.45, 2.75) is 13.3 Å². The number of nitrogens with zero attached hydrogens (tertiary/aromatic N) is 1. The van der Waals surface area contributed by atoms with Crippen molar-refractivity contribution in [3.05, 3.63) is 65.2 Å². The summed E-state index contributed by atoms with van der Waals surface area (Å²) in [5.41, 5.74) is 8.46. The number of halogens is 1. The first-order valence-electron chi connectivity index (χ1n) is 8.55. The second-order valence-electron chi connectivity index (χ2n) is 6.49. The van der Waals surface area contributed by atoms with E-state index >= 15 is 0 Å². The first-order chi connectivity index (χ1) is 12.1. The van der Waals surface area contributed by atoms with Gasteiger partial charge in [0.05, 0.1) is 0 Å². The number of amides is 2. The van der Waals surface area contributed by atoms with Gasteiger partial charge in [-0.15, -0.1) is 12.4 Å². The Morgan fingerprint density at radius 3 is 2.54 bits per heavy atom. The van der Waals surface area contributed by atoms with Gasteiger partial charge in [0.15, 0.2) is 0 Å². The highest BCUT2D eigenvalue weighted by Crippen LogP contribution is 2.22. The quantitative estimate of drug-likeness (QED) is 0.864. The lowest BCUT2D eigenvalue weighted by Crippen LogP contribution is -2.30. The lowest BCUT2D eigenvalue weighted by molar-refractivity contribution is 0.0787. The fraction of sp³-hybridized carbons (Fsp3) is 0.300. The molecule has 3 rings (SSSR count). The van der Waals surface area contributed by atoms with Gasteiger partial charge < -0.3 is 16.0 Å². The van der Waals surface area contributed by atoms with Crippen LogP contribution >= 0.6 is 12.4 Å². The standard InChI is InChI=1S/C20H23N3O2.ClH/c1-14-7-8-17(20(25)23-10-9-15(12-21)13-23)11-18(14)22-19(24)16-5-3-2-4-6-16;/h2-8,11,15H,9-10,12-13,21H2,1H3,(H,22,24);1H. The highest BCUT2D eigenvalue weighted by molar-refractivity contribution is 6.05. The summed E-state index contributed by atoms with van der Waals surface area (Å²) in [6.45, 7) is 3.96. The maximum Gasteiger partial charge on any atom is 0.255 e. The molecule has 138 valence electrons. The van der Waals surface area contributed by atoms with Crippen LogP contribution < -0.4 is 11.1 Å². The fourth-order valence-electron chi connectivity index (χ4n) is 3.07. The number of nitrogens with one attached hydrogen (secondary N) is 1. The molecule has 1 fully saturated rings. The van der Waals surface area contributed by atoms with Crippen molar-refractivity contribution in [1.29, 1.82) is 0 Å². The summed E-state index contributed by atoms with van der Waals surface area (Å²) in [4.78, 5) is 26.9. The highest BCUT2D eigenvalue weighted by atomic mass is 35.5. The smallest absolute Gasteiger partial charge is 0.255 e. The zero-order chi connectivity index (χ0) is 17.8. The molecule has 2 aromatic carbocycles. The van der Waals surface area contributed by atoms with Crippen molar-refractivity contribution in [1.82, 2.24) is 4.90 Å². The molecule has 0 radical (unpaired) electrons. The average molecular weight is 374 g/mol. The summed E-state index contributed by atoms with van der Waals surface area (Å²) in [6, 6.07) is 14.5. The Bertz CT molecular complexity index is 780. The number of anilines is 1. The van der Waals surface area contributed by atoms with E-state index in [0.29, 0.717) is 35.8 Å². The van der Waals surface area contributed by atoms with Crippen LogP contribution in [0.4, 0.5) is 5.69 Å². The summed E-state index contributed by atoms with van der Waals surface area (Å²) in [5.74, 6) is 0.190. The molecule has 1 atom stereocenters. The molecule has 1 aliphatic heterocycles. The Kier molecular flexibility index (Phi) is 6.77. The van der Waals surface area contributed by atoms with E-state index in [9.17, 15) is 9.59 Å². The van der Waals surface area contributed by atoms with Crippen LogP contribution in [0.25, 0.3) is 0 Å². The predicted molar refractivity (Wildman–Crippen MR) is 106 cm³/mol. The van der Waals surface area contributed by atoms with E-state index in [1.165, 1.54) is 0 Å². The molecule has 0 aromatic heterocycles. The van der Waals surface area contributed by atoms with Crippen LogP contribution in [0.2, 0.25) is 0 Å². The van der Waals surface area contributed by atoms with Crippen LogP contribution in [0.15, 0.2) is 48.5 Å². The van der Waals surface area contributed by atoms with Crippen LogP contribution in [-0.2, 0) is 0 Å². The van der Waals surface area contributed by atoms with Crippen LogP contribution in [0.3, 0.4) is 0 Å². The van der Waals surface area contributed by atoms with Gasteiger partial charge in [-0.1, -0.05) is 24.3 Å². The monoisotopic (exact) mass is 373 g/mol. The van der Waals surface area contributed by atoms with Gasteiger partial charge in [0.2, 0.25) is 0 Å². The number of benzene rings is 2. The van der Waals surface area contributed by atoms with Gasteiger partial charge in [-0.2, -0.15) is 0 Å². The topological polar surface area (TPSA) is 75.4 Å². The molecule has 1 unspecified atom stereocenters. The number of hydrogen-bond acceptors (Lipinski definition) is 3. The summed E-state index contributed by atoms with van der Waals surface area (Å²) in [6.07, 6.45) is 0.950. The number of likely N-dealkylation sites (tertiary alicyclic amines) is 1. The first kappa shape index (κ1) is 19.9. The third kappa shape index (κ3) is 4.42. The third-order valence-electron chi connectivity index (χ3n) is 4.68. The van der Waals surface area contributed by atoms with Gasteiger partial charge in [0.1, 0.15) is 0 Å². The Labute approximate surface area is 160 Å². The van der Waals surface area contributed by atoms with E-state index in [-0.39, 0.29) is 24.2 Å². The molecular weight excluding hydrogens is 350 g/mol. The van der Waals surface area contributed by atoms with Crippen molar-refractivity contribution in [2.75, 3.05) is 25.0 Å². The van der Waals surface area contributed by atoms with Crippen molar-refractivity contribution in [2.24, 2.45) is 11.7 Å². The minimum absolute atomic E-state index is 0. The van der Waals surface area contributed by atoms with Crippen LogP contribution in [-0.4, -0.2) is 36.3 Å². The minimum atomic E-state index is -0.183. The number of nitrogens with two attached hydrogens (primary N) is 1. The summed E-state index contributed by atoms with van der Waals surface area (Å²) < 4.78 is 0. The molecule has 1 saturated heterocycles. The number of carbonyl (C=O) groups excluding carboxylic acids is 2. The molecule has 0 saturated carbocycles. The number of hydrogen-bond donors (Lipinski definition) is 2. The van der Waals surface area contributed by atoms with Crippen molar-refractivity contribution in [3.8, 4) is 0 Å². The zero-order valence-corrected chi connectivity index (χ0v) is 15.6. The van der Waals surface area contributed by atoms with Gasteiger partial charge in [0, 0.05) is 29.9 Å². The first-order valence-corrected chi connectivity index (χ1v) is 8.55. The highest BCUT2D eigenvalue weighted by Gasteiger charge is 2.26. The van der Waals surface area contributed by atoms with E-state index in [0.717, 1.165) is 18.5 Å². The molecule has 1 aliphatic rings. The van der Waals surface area contributed by atoms with Crippen molar-refractivity contribution in [3.63, 3.8) is 0 Å². The number of carbonyl (C=O) groups is 2. The Morgan fingerprint density at radius 1 is 1.15 bits per heavy atom. The predicted octanol–water partition coefficient (Wildman–Crippen LogP) is 3.09. The zero-order valence-electron chi connectivity index (χ0n) is 14.8. The molecule has 1 heterocycles. The van der Waals surface area contributed by atoms with Crippen molar-refractivity contribution >= 4 is 29.9 Å². The average Bonchev–Trinajstić information content (AvgIpc) is 3.13. The lowest BCUT2D eigenvalue weighted by atomic mass is 10.1. The number of aryl methyl sites for hydroxylation is 1. The van der Waals surface area contributed by atoms with E-state index in [1.807, 2.05) is 42.2 Å². The molecule has 3 N–H and O–H groups in total. The normalized spacial score (nSPS) is 16.1. The Morgan fingerprint density at radius 2 is 1.88 bits per heavy atom. The van der Waals surface area contributed by atoms with Gasteiger partial charge in [-0.05, 0) is 55.6 Å². The van der Waals surface area contributed by atoms with Crippen molar-refractivity contribution < 1.29 is 9.59 Å². The molecule has 6 heteroatoms. The molecule has 5 nitrogen and oxygen atoms in total. The van der Waals surface area contributed by atoms with Gasteiger partial charge in [-0.25, -0.2) is 0 Å². The lowest BCUT2D eigenvalue weighted by Gasteiger charge is -2.17. The van der Waals surface area contributed by atoms with Crippen LogP contribution in [0.5, 0.6) is 0 Å². The van der Waals surface area contributed by atoms with Crippen LogP contribution in [0, 0.1) is 12.8 Å². The molecule has 0 aliphatic carbocycles. The third-order valence-corrected chi connectivity index (χ3v) is 4.68. The van der Waals surface area contributed by atoms with Gasteiger partial charge in [0.25, 0.3) is 11.8 Å². The largest absolute Gasteiger partial charge is 0.338 e. The molecule has 2 aromatic rings. The Balaban J connectivity index is 0.00000243. The van der Waals surface area contributed by atoms with E-state index in [2.05, 4.69) is 5.32 Å². The maximum atomic E-state index is 12.7. The second-order valence-corrected chi connectivity index (χ2v) is 6.49. The summed E-state index contributed by atoms with van der Waals surface area (Å²) >= 11 is 0. The summed E-state index contributed by atoms with van der Waals surface area (Å²) in [5, 5.41) is 2.90. The summed E-state index contributed by atoms with van der Waals surface area (Å²) in [7, 11) is 0. The molecular formula is C20H24ClN3O2. The fourth-order valence-corrected chi connectivity index (χ4v) is 3.07. The van der Waals surface area contributed by atoms with E-state index < -0.39 is 0 Å². The van der Waals surface area contributed by atoms with E-state index in [1.54, 1.807) is 18.2 Å². The molecule has 0 spiro atoms. The van der Waals surface area contributed by atoms with E-state index in [4.69, 9.17) is 5.73 Å². The SMILES string of the molecule is Cc1ccc(C(=O)N2CCC(CN)C2)cc1NC(=O)c1ccccc1.Cl. The molecule has 0 bridgehead atoms. The molecule has 26 heavy (non-hydrogen) atoms. The van der Waals surface area contributed by atoms with Crippen LogP contribution in [0.1, 0.15) is 32.7 Å². The Hall–Kier alpha value is -2.37. The number of rotatable bonds is 4. The second kappa shape index (κ2) is 8.83. The van der Waals surface area contributed by atoms with Gasteiger partial charge >= 0.3 is 0 Å². The minimum Gasteiger partial charge on any atom is -0.338 e. The molecule has 2 amide bonds. The van der Waals surface area contributed by atoms with Gasteiger partial charge in [-0.3, -0.25) is 9.59 Å².